The van der Waals surface area contributed by atoms with E-state index in [0.717, 1.165) is 29.3 Å². The van der Waals surface area contributed by atoms with Crippen LogP contribution in [0.3, 0.4) is 0 Å². The van der Waals surface area contributed by atoms with Gasteiger partial charge < -0.3 is 4.74 Å². The van der Waals surface area contributed by atoms with Gasteiger partial charge >= 0.3 is 6.18 Å². The molecule has 0 aliphatic carbocycles. The zero-order chi connectivity index (χ0) is 15.3. The number of nitrogens with zero attached hydrogens (tertiary/aromatic N) is 1. The molecule has 0 saturated heterocycles. The van der Waals surface area contributed by atoms with E-state index in [1.54, 1.807) is 0 Å². The number of rotatable bonds is 6. The van der Waals surface area contributed by atoms with Crippen LogP contribution in [0.15, 0.2) is 29.6 Å². The lowest BCUT2D eigenvalue weighted by Gasteiger charge is -2.09. The molecule has 1 heterocycles. The van der Waals surface area contributed by atoms with E-state index in [0.29, 0.717) is 18.9 Å². The lowest BCUT2D eigenvalue weighted by molar-refractivity contribution is -0.137. The number of ether oxygens (including phenoxy) is 1. The van der Waals surface area contributed by atoms with Gasteiger partial charge in [0.05, 0.1) is 28.8 Å². The van der Waals surface area contributed by atoms with Gasteiger partial charge in [-0.1, -0.05) is 6.07 Å². The predicted molar refractivity (Wildman–Crippen MR) is 76.9 cm³/mol. The van der Waals surface area contributed by atoms with Crippen molar-refractivity contribution in [3.63, 3.8) is 0 Å². The quantitative estimate of drug-likeness (QED) is 0.552. The summed E-state index contributed by atoms with van der Waals surface area (Å²) in [5.41, 5.74) is 0.141. The van der Waals surface area contributed by atoms with Crippen molar-refractivity contribution < 1.29 is 17.9 Å². The highest BCUT2D eigenvalue weighted by atomic mass is 35.5. The first-order valence-corrected chi connectivity index (χ1v) is 7.70. The van der Waals surface area contributed by atoms with E-state index in [2.05, 4.69) is 4.98 Å². The maximum Gasteiger partial charge on any atom is 0.416 e. The van der Waals surface area contributed by atoms with Crippen molar-refractivity contribution >= 4 is 22.9 Å². The van der Waals surface area contributed by atoms with Gasteiger partial charge in [-0.25, -0.2) is 4.98 Å². The molecule has 0 saturated carbocycles. The van der Waals surface area contributed by atoms with Crippen molar-refractivity contribution in [2.24, 2.45) is 0 Å². The van der Waals surface area contributed by atoms with Crippen LogP contribution < -0.4 is 4.74 Å². The molecule has 21 heavy (non-hydrogen) atoms. The third-order valence-corrected chi connectivity index (χ3v) is 3.93. The van der Waals surface area contributed by atoms with Gasteiger partial charge in [-0.2, -0.15) is 13.2 Å². The molecule has 2 aromatic rings. The largest absolute Gasteiger partial charge is 0.494 e. The number of aromatic nitrogens is 1. The molecule has 0 N–H and O–H groups in total. The summed E-state index contributed by atoms with van der Waals surface area (Å²) in [4.78, 5) is 4.30. The topological polar surface area (TPSA) is 22.1 Å². The van der Waals surface area contributed by atoms with Crippen molar-refractivity contribution in [3.8, 4) is 5.75 Å². The Morgan fingerprint density at radius 1 is 1.29 bits per heavy atom. The van der Waals surface area contributed by atoms with Crippen LogP contribution in [-0.2, 0) is 18.5 Å². The summed E-state index contributed by atoms with van der Waals surface area (Å²) in [6.07, 6.45) is -2.94. The molecule has 0 unspecified atom stereocenters. The standard InChI is InChI=1S/C14H13ClF3NOS/c15-8-11-9-21-13(19-11)5-2-6-20-12-4-1-3-10(7-12)14(16,17)18/h1,3-4,7,9H,2,5-6,8H2. The highest BCUT2D eigenvalue weighted by Gasteiger charge is 2.30. The number of benzene rings is 1. The van der Waals surface area contributed by atoms with Crippen molar-refractivity contribution in [1.82, 2.24) is 4.98 Å². The molecule has 0 aliphatic rings. The Morgan fingerprint density at radius 3 is 2.76 bits per heavy atom. The highest BCUT2D eigenvalue weighted by molar-refractivity contribution is 7.09. The first-order chi connectivity index (χ1) is 9.99. The van der Waals surface area contributed by atoms with Crippen LogP contribution in [0.1, 0.15) is 22.7 Å². The molecule has 0 aliphatic heterocycles. The Balaban J connectivity index is 1.81. The van der Waals surface area contributed by atoms with E-state index >= 15 is 0 Å². The number of hydrogen-bond acceptors (Lipinski definition) is 3. The normalized spacial score (nSPS) is 11.6. The third kappa shape index (κ3) is 4.89. The van der Waals surface area contributed by atoms with Crippen LogP contribution in [0, 0.1) is 0 Å². The summed E-state index contributed by atoms with van der Waals surface area (Å²) in [5.74, 6) is 0.613. The molecule has 0 spiro atoms. The highest BCUT2D eigenvalue weighted by Crippen LogP contribution is 2.31. The van der Waals surface area contributed by atoms with Crippen LogP contribution in [0.2, 0.25) is 0 Å². The monoisotopic (exact) mass is 335 g/mol. The molecule has 0 fully saturated rings. The smallest absolute Gasteiger partial charge is 0.416 e. The molecule has 2 nitrogen and oxygen atoms in total. The fraction of sp³-hybridized carbons (Fsp3) is 0.357. The second-order valence-corrected chi connectivity index (χ2v) is 5.55. The van der Waals surface area contributed by atoms with Crippen molar-refractivity contribution in [1.29, 1.82) is 0 Å². The summed E-state index contributed by atoms with van der Waals surface area (Å²) in [6.45, 7) is 0.344. The summed E-state index contributed by atoms with van der Waals surface area (Å²) in [5, 5.41) is 2.86. The number of aryl methyl sites for hydroxylation is 1. The minimum Gasteiger partial charge on any atom is -0.494 e. The van der Waals surface area contributed by atoms with Crippen LogP contribution in [0.5, 0.6) is 5.75 Å². The van der Waals surface area contributed by atoms with E-state index in [1.807, 2.05) is 5.38 Å². The maximum absolute atomic E-state index is 12.5. The van der Waals surface area contributed by atoms with E-state index in [-0.39, 0.29) is 5.75 Å². The summed E-state index contributed by atoms with van der Waals surface area (Å²) in [7, 11) is 0. The van der Waals surface area contributed by atoms with Crippen molar-refractivity contribution in [2.45, 2.75) is 24.9 Å². The molecule has 1 aromatic carbocycles. The zero-order valence-corrected chi connectivity index (χ0v) is 12.6. The number of hydrogen-bond donors (Lipinski definition) is 0. The summed E-state index contributed by atoms with van der Waals surface area (Å²) >= 11 is 7.19. The number of halogens is 4. The lowest BCUT2D eigenvalue weighted by atomic mass is 10.2. The summed E-state index contributed by atoms with van der Waals surface area (Å²) < 4.78 is 43.0. The van der Waals surface area contributed by atoms with Gasteiger partial charge in [0.15, 0.2) is 0 Å². The minimum absolute atomic E-state index is 0.227. The van der Waals surface area contributed by atoms with Gasteiger partial charge in [-0.3, -0.25) is 0 Å². The average molecular weight is 336 g/mol. The molecule has 0 bridgehead atoms. The van der Waals surface area contributed by atoms with Gasteiger partial charge in [-0.05, 0) is 24.6 Å². The molecule has 7 heteroatoms. The van der Waals surface area contributed by atoms with Gasteiger partial charge in [-0.15, -0.1) is 22.9 Å². The summed E-state index contributed by atoms with van der Waals surface area (Å²) in [6, 6.07) is 4.89. The SMILES string of the molecule is FC(F)(F)c1cccc(OCCCc2nc(CCl)cs2)c1. The second kappa shape index (κ2) is 7.13. The molecule has 2 rings (SSSR count). The molecular weight excluding hydrogens is 323 g/mol. The van der Waals surface area contributed by atoms with Crippen molar-refractivity contribution in [3.05, 3.63) is 45.9 Å². The van der Waals surface area contributed by atoms with E-state index < -0.39 is 11.7 Å². The van der Waals surface area contributed by atoms with Gasteiger partial charge in [0.25, 0.3) is 0 Å². The maximum atomic E-state index is 12.5. The molecular formula is C14H13ClF3NOS. The number of alkyl halides is 4. The minimum atomic E-state index is -4.35. The van der Waals surface area contributed by atoms with Crippen LogP contribution in [-0.4, -0.2) is 11.6 Å². The Bertz CT molecular complexity index is 586. The van der Waals surface area contributed by atoms with Crippen molar-refractivity contribution in [2.75, 3.05) is 6.61 Å². The van der Waals surface area contributed by atoms with E-state index in [1.165, 1.54) is 23.5 Å². The lowest BCUT2D eigenvalue weighted by Crippen LogP contribution is -2.06. The molecule has 0 atom stereocenters. The fourth-order valence-electron chi connectivity index (χ4n) is 1.70. The fourth-order valence-corrected chi connectivity index (χ4v) is 2.77. The Morgan fingerprint density at radius 2 is 2.10 bits per heavy atom. The predicted octanol–water partition coefficient (Wildman–Crippen LogP) is 4.91. The molecule has 1 aromatic heterocycles. The third-order valence-electron chi connectivity index (χ3n) is 2.70. The molecule has 0 amide bonds. The van der Waals surface area contributed by atoms with Crippen LogP contribution >= 0.6 is 22.9 Å². The van der Waals surface area contributed by atoms with Gasteiger partial charge in [0.1, 0.15) is 5.75 Å². The first-order valence-electron chi connectivity index (χ1n) is 6.28. The average Bonchev–Trinajstić information content (AvgIpc) is 2.91. The Hall–Kier alpha value is -1.27. The second-order valence-electron chi connectivity index (χ2n) is 4.34. The van der Waals surface area contributed by atoms with Crippen LogP contribution in [0.25, 0.3) is 0 Å². The molecule has 0 radical (unpaired) electrons. The Kier molecular flexibility index (Phi) is 5.47. The first kappa shape index (κ1) is 16.1. The van der Waals surface area contributed by atoms with E-state index in [9.17, 15) is 13.2 Å². The zero-order valence-electron chi connectivity index (χ0n) is 11.0. The Labute approximate surface area is 129 Å². The van der Waals surface area contributed by atoms with Crippen LogP contribution in [0.4, 0.5) is 13.2 Å². The van der Waals surface area contributed by atoms with Gasteiger partial charge in [0.2, 0.25) is 0 Å². The van der Waals surface area contributed by atoms with Gasteiger partial charge in [0, 0.05) is 11.8 Å². The molecule has 114 valence electrons. The number of thiazole rings is 1. The van der Waals surface area contributed by atoms with E-state index in [4.69, 9.17) is 16.3 Å².